The van der Waals surface area contributed by atoms with Crippen molar-refractivity contribution in [3.05, 3.63) is 65.8 Å². The molecule has 2 aromatic heterocycles. The number of benzene rings is 3. The second-order valence-electron chi connectivity index (χ2n) is 5.39. The molecule has 5 rings (SSSR count). The Morgan fingerprint density at radius 3 is 2.45 bits per heavy atom. The molecule has 0 bridgehead atoms. The van der Waals surface area contributed by atoms with E-state index in [4.69, 9.17) is 16.0 Å². The molecule has 5 aromatic rings. The Labute approximate surface area is 130 Å². The first-order valence-electron chi connectivity index (χ1n) is 7.11. The van der Waals surface area contributed by atoms with Gasteiger partial charge in [0.2, 0.25) is 0 Å². The van der Waals surface area contributed by atoms with Crippen molar-refractivity contribution in [3.63, 3.8) is 0 Å². The topological polar surface area (TPSA) is 26.0 Å². The molecule has 0 atom stereocenters. The largest absolute Gasteiger partial charge is 0.455 e. The Bertz CT molecular complexity index is 1190. The number of pyridine rings is 1. The molecule has 22 heavy (non-hydrogen) atoms. The van der Waals surface area contributed by atoms with Gasteiger partial charge in [0.15, 0.2) is 0 Å². The highest BCUT2D eigenvalue weighted by atomic mass is 35.5. The molecule has 0 aliphatic rings. The van der Waals surface area contributed by atoms with Gasteiger partial charge in [0, 0.05) is 16.2 Å². The van der Waals surface area contributed by atoms with E-state index in [9.17, 15) is 0 Å². The molecule has 0 saturated heterocycles. The van der Waals surface area contributed by atoms with Crippen molar-refractivity contribution >= 4 is 55.2 Å². The molecule has 104 valence electrons. The van der Waals surface area contributed by atoms with Crippen LogP contribution in [-0.2, 0) is 0 Å². The van der Waals surface area contributed by atoms with Gasteiger partial charge in [-0.2, -0.15) is 0 Å². The van der Waals surface area contributed by atoms with Gasteiger partial charge in [-0.15, -0.1) is 0 Å². The number of hydrogen-bond acceptors (Lipinski definition) is 2. The molecule has 0 saturated carbocycles. The first-order chi connectivity index (χ1) is 10.8. The van der Waals surface area contributed by atoms with E-state index in [1.54, 1.807) is 0 Å². The van der Waals surface area contributed by atoms with Crippen LogP contribution in [0.5, 0.6) is 0 Å². The summed E-state index contributed by atoms with van der Waals surface area (Å²) in [6.07, 6.45) is 0. The summed E-state index contributed by atoms with van der Waals surface area (Å²) >= 11 is 6.49. The Morgan fingerprint density at radius 1 is 0.773 bits per heavy atom. The molecule has 0 aliphatic carbocycles. The summed E-state index contributed by atoms with van der Waals surface area (Å²) in [4.78, 5) is 4.66. The predicted molar refractivity (Wildman–Crippen MR) is 91.5 cm³/mol. The van der Waals surface area contributed by atoms with Crippen LogP contribution in [0.25, 0.3) is 43.6 Å². The molecule has 0 aliphatic heterocycles. The van der Waals surface area contributed by atoms with E-state index < -0.39 is 0 Å². The molecule has 0 radical (unpaired) electrons. The smallest absolute Gasteiger partial charge is 0.147 e. The zero-order valence-corrected chi connectivity index (χ0v) is 12.3. The molecule has 0 fully saturated rings. The van der Waals surface area contributed by atoms with Gasteiger partial charge in [-0.25, -0.2) is 4.98 Å². The number of para-hydroxylation sites is 1. The van der Waals surface area contributed by atoms with Crippen LogP contribution in [-0.4, -0.2) is 4.98 Å². The third kappa shape index (κ3) is 1.48. The minimum absolute atomic E-state index is 0.490. The van der Waals surface area contributed by atoms with Crippen molar-refractivity contribution < 1.29 is 4.42 Å². The van der Waals surface area contributed by atoms with Gasteiger partial charge < -0.3 is 4.42 Å². The maximum absolute atomic E-state index is 6.49. The molecule has 2 nitrogen and oxygen atoms in total. The second kappa shape index (κ2) is 4.21. The van der Waals surface area contributed by atoms with Gasteiger partial charge in [0.1, 0.15) is 16.3 Å². The molecule has 0 unspecified atom stereocenters. The summed E-state index contributed by atoms with van der Waals surface area (Å²) in [7, 11) is 0. The average Bonchev–Trinajstić information content (AvgIpc) is 2.95. The van der Waals surface area contributed by atoms with Crippen molar-refractivity contribution in [1.29, 1.82) is 0 Å². The number of fused-ring (bicyclic) bond motifs is 7. The highest BCUT2D eigenvalue weighted by Crippen LogP contribution is 2.38. The first-order valence-corrected chi connectivity index (χ1v) is 7.49. The fraction of sp³-hybridized carbons (Fsp3) is 0. The zero-order chi connectivity index (χ0) is 14.7. The number of nitrogens with zero attached hydrogens (tertiary/aromatic N) is 1. The summed E-state index contributed by atoms with van der Waals surface area (Å²) in [6.45, 7) is 0. The normalized spacial score (nSPS) is 11.9. The van der Waals surface area contributed by atoms with E-state index in [1.807, 2.05) is 36.4 Å². The summed E-state index contributed by atoms with van der Waals surface area (Å²) in [5.41, 5.74) is 2.53. The van der Waals surface area contributed by atoms with Crippen molar-refractivity contribution in [2.24, 2.45) is 0 Å². The van der Waals surface area contributed by atoms with Crippen molar-refractivity contribution in [3.8, 4) is 0 Å². The number of hydrogen-bond donors (Lipinski definition) is 0. The summed E-state index contributed by atoms with van der Waals surface area (Å²) in [6, 6.07) is 20.3. The monoisotopic (exact) mass is 303 g/mol. The summed E-state index contributed by atoms with van der Waals surface area (Å²) in [5.74, 6) is 0. The lowest BCUT2D eigenvalue weighted by molar-refractivity contribution is 0.672. The lowest BCUT2D eigenvalue weighted by Gasteiger charge is -2.04. The van der Waals surface area contributed by atoms with Crippen molar-refractivity contribution in [2.45, 2.75) is 0 Å². The van der Waals surface area contributed by atoms with Crippen LogP contribution in [0, 0.1) is 0 Å². The first kappa shape index (κ1) is 12.0. The quantitative estimate of drug-likeness (QED) is 0.261. The maximum atomic E-state index is 6.49. The van der Waals surface area contributed by atoms with Crippen LogP contribution < -0.4 is 0 Å². The fourth-order valence-electron chi connectivity index (χ4n) is 3.15. The third-order valence-electron chi connectivity index (χ3n) is 4.16. The van der Waals surface area contributed by atoms with E-state index in [1.165, 1.54) is 0 Å². The lowest BCUT2D eigenvalue weighted by atomic mass is 10.0. The molecule has 2 heterocycles. The maximum Gasteiger partial charge on any atom is 0.147 e. The van der Waals surface area contributed by atoms with Gasteiger partial charge in [-0.1, -0.05) is 60.1 Å². The highest BCUT2D eigenvalue weighted by molar-refractivity contribution is 6.38. The third-order valence-corrected chi connectivity index (χ3v) is 4.43. The molecular weight excluding hydrogens is 294 g/mol. The Kier molecular flexibility index (Phi) is 2.30. The van der Waals surface area contributed by atoms with Crippen LogP contribution in [0.4, 0.5) is 0 Å². The van der Waals surface area contributed by atoms with Gasteiger partial charge in [0.05, 0.1) is 10.9 Å². The van der Waals surface area contributed by atoms with Crippen LogP contribution in [0.15, 0.2) is 65.1 Å². The van der Waals surface area contributed by atoms with Crippen LogP contribution in [0.3, 0.4) is 0 Å². The van der Waals surface area contributed by atoms with Crippen LogP contribution >= 0.6 is 11.6 Å². The number of halogens is 1. The van der Waals surface area contributed by atoms with Gasteiger partial charge >= 0.3 is 0 Å². The number of rotatable bonds is 0. The zero-order valence-electron chi connectivity index (χ0n) is 11.5. The average molecular weight is 304 g/mol. The standard InChI is InChI=1S/C19H10ClNO/c20-19-16-13-7-3-4-8-15(13)22-18(16)14-10-9-11-5-1-2-6-12(11)17(14)21-19/h1-10H. The molecule has 0 amide bonds. The summed E-state index contributed by atoms with van der Waals surface area (Å²) < 4.78 is 6.07. The van der Waals surface area contributed by atoms with Gasteiger partial charge in [-0.05, 0) is 17.5 Å². The van der Waals surface area contributed by atoms with E-state index in [-0.39, 0.29) is 0 Å². The molecule has 0 N–H and O–H groups in total. The molecular formula is C19H10ClNO. The van der Waals surface area contributed by atoms with Gasteiger partial charge in [-0.3, -0.25) is 0 Å². The van der Waals surface area contributed by atoms with Crippen molar-refractivity contribution in [1.82, 2.24) is 4.98 Å². The summed E-state index contributed by atoms with van der Waals surface area (Å²) in [5, 5.41) is 5.61. The Morgan fingerprint density at radius 2 is 1.55 bits per heavy atom. The number of aromatic nitrogens is 1. The molecule has 0 spiro atoms. The predicted octanol–water partition coefficient (Wildman–Crippen LogP) is 5.94. The lowest BCUT2D eigenvalue weighted by Crippen LogP contribution is -1.84. The minimum atomic E-state index is 0.490. The second-order valence-corrected chi connectivity index (χ2v) is 5.75. The van der Waals surface area contributed by atoms with E-state index in [0.29, 0.717) is 5.15 Å². The van der Waals surface area contributed by atoms with E-state index >= 15 is 0 Å². The number of furan rings is 1. The van der Waals surface area contributed by atoms with Gasteiger partial charge in [0.25, 0.3) is 0 Å². The highest BCUT2D eigenvalue weighted by Gasteiger charge is 2.16. The Balaban J connectivity index is 2.11. The molecule has 3 heteroatoms. The Hall–Kier alpha value is -2.58. The minimum Gasteiger partial charge on any atom is -0.455 e. The van der Waals surface area contributed by atoms with E-state index in [0.717, 1.165) is 43.6 Å². The van der Waals surface area contributed by atoms with Crippen molar-refractivity contribution in [2.75, 3.05) is 0 Å². The van der Waals surface area contributed by atoms with E-state index in [2.05, 4.69) is 29.2 Å². The van der Waals surface area contributed by atoms with Crippen LogP contribution in [0.1, 0.15) is 0 Å². The fourth-order valence-corrected chi connectivity index (χ4v) is 3.42. The SMILES string of the molecule is Clc1nc2c3ccccc3ccc2c2oc3ccccc3c12. The molecule has 3 aromatic carbocycles. The van der Waals surface area contributed by atoms with Crippen LogP contribution in [0.2, 0.25) is 5.15 Å².